The molecule has 0 radical (unpaired) electrons. The molecule has 0 aliphatic heterocycles. The van der Waals surface area contributed by atoms with Crippen molar-refractivity contribution in [2.45, 2.75) is 6.92 Å². The maximum atomic E-state index is 13.6. The molecule has 0 unspecified atom stereocenters. The zero-order valence-electron chi connectivity index (χ0n) is 10.5. The van der Waals surface area contributed by atoms with Crippen LogP contribution in [0.4, 0.5) is 4.39 Å². The number of benzene rings is 2. The number of aryl methyl sites for hydroxylation is 1. The molecule has 0 amide bonds. The van der Waals surface area contributed by atoms with E-state index >= 15 is 0 Å². The molecule has 20 heavy (non-hydrogen) atoms. The van der Waals surface area contributed by atoms with Gasteiger partial charge in [-0.2, -0.15) is 0 Å². The summed E-state index contributed by atoms with van der Waals surface area (Å²) in [6.07, 6.45) is 0. The summed E-state index contributed by atoms with van der Waals surface area (Å²) >= 11 is 9.33. The topological polar surface area (TPSA) is 25.8 Å². The predicted octanol–water partition coefficient (Wildman–Crippen LogP) is 5.16. The van der Waals surface area contributed by atoms with E-state index in [1.807, 2.05) is 31.2 Å². The monoisotopic (exact) mass is 350 g/mol. The van der Waals surface area contributed by atoms with Crippen LogP contribution in [0.3, 0.4) is 0 Å². The minimum atomic E-state index is -0.372. The molecule has 0 N–H and O–H groups in total. The largest absolute Gasteiger partial charge is 0.228 e. The lowest BCUT2D eigenvalue weighted by molar-refractivity contribution is 0.623. The minimum absolute atomic E-state index is 0.314. The van der Waals surface area contributed by atoms with Crippen molar-refractivity contribution in [1.29, 1.82) is 0 Å². The fraction of sp³-hybridized carbons (Fsp3) is 0.0667. The molecule has 100 valence electrons. The molecular weight excluding hydrogens is 343 g/mol. The van der Waals surface area contributed by atoms with Crippen LogP contribution in [-0.4, -0.2) is 9.97 Å². The van der Waals surface area contributed by atoms with Crippen LogP contribution < -0.4 is 0 Å². The second kappa shape index (κ2) is 5.11. The number of hydrogen-bond acceptors (Lipinski definition) is 2. The van der Waals surface area contributed by atoms with Crippen molar-refractivity contribution in [1.82, 2.24) is 9.97 Å². The highest BCUT2D eigenvalue weighted by molar-refractivity contribution is 9.10. The fourth-order valence-electron chi connectivity index (χ4n) is 2.03. The molecule has 3 aromatic rings. The third kappa shape index (κ3) is 2.30. The van der Waals surface area contributed by atoms with Crippen LogP contribution >= 0.6 is 27.5 Å². The highest BCUT2D eigenvalue weighted by atomic mass is 79.9. The van der Waals surface area contributed by atoms with Crippen LogP contribution in [-0.2, 0) is 0 Å². The summed E-state index contributed by atoms with van der Waals surface area (Å²) in [6.45, 7) is 1.97. The molecule has 0 bridgehead atoms. The average Bonchev–Trinajstić information content (AvgIpc) is 2.41. The van der Waals surface area contributed by atoms with Crippen LogP contribution in [0.2, 0.25) is 5.15 Å². The SMILES string of the molecule is Cc1ccccc1-c1nc(Cl)c2cc(Br)c(F)cc2n1. The van der Waals surface area contributed by atoms with E-state index in [2.05, 4.69) is 25.9 Å². The number of rotatable bonds is 1. The number of halogens is 3. The third-order valence-corrected chi connectivity index (χ3v) is 3.97. The molecule has 2 nitrogen and oxygen atoms in total. The Kier molecular flexibility index (Phi) is 3.44. The number of hydrogen-bond donors (Lipinski definition) is 0. The van der Waals surface area contributed by atoms with E-state index in [9.17, 15) is 4.39 Å². The van der Waals surface area contributed by atoms with E-state index < -0.39 is 0 Å². The van der Waals surface area contributed by atoms with Gasteiger partial charge in [0, 0.05) is 17.0 Å². The summed E-state index contributed by atoms with van der Waals surface area (Å²) in [5, 5.41) is 0.936. The molecule has 2 aromatic carbocycles. The molecule has 0 aliphatic carbocycles. The molecule has 0 atom stereocenters. The first-order valence-electron chi connectivity index (χ1n) is 5.94. The van der Waals surface area contributed by atoms with Crippen LogP contribution in [0.15, 0.2) is 40.9 Å². The average molecular weight is 352 g/mol. The molecule has 1 aromatic heterocycles. The summed E-state index contributed by atoms with van der Waals surface area (Å²) in [5.41, 5.74) is 2.42. The van der Waals surface area contributed by atoms with Gasteiger partial charge < -0.3 is 0 Å². The van der Waals surface area contributed by atoms with Crippen molar-refractivity contribution in [2.24, 2.45) is 0 Å². The van der Waals surface area contributed by atoms with Crippen LogP contribution in [0, 0.1) is 12.7 Å². The molecule has 0 saturated carbocycles. The molecular formula is C15H9BrClFN2. The van der Waals surface area contributed by atoms with E-state index in [1.54, 1.807) is 6.07 Å². The first-order chi connectivity index (χ1) is 9.56. The Bertz CT molecular complexity index is 820. The van der Waals surface area contributed by atoms with Crippen molar-refractivity contribution in [3.8, 4) is 11.4 Å². The summed E-state index contributed by atoms with van der Waals surface area (Å²) in [5.74, 6) is 0.130. The van der Waals surface area contributed by atoms with Crippen molar-refractivity contribution in [3.63, 3.8) is 0 Å². The predicted molar refractivity (Wildman–Crippen MR) is 82.4 cm³/mol. The third-order valence-electron chi connectivity index (χ3n) is 3.08. The Balaban J connectivity index is 2.30. The number of nitrogens with zero attached hydrogens (tertiary/aromatic N) is 2. The maximum Gasteiger partial charge on any atom is 0.161 e. The van der Waals surface area contributed by atoms with Gasteiger partial charge in [-0.3, -0.25) is 0 Å². The van der Waals surface area contributed by atoms with Gasteiger partial charge in [0.15, 0.2) is 5.82 Å². The van der Waals surface area contributed by atoms with E-state index in [1.165, 1.54) is 6.07 Å². The Morgan fingerprint density at radius 1 is 1.15 bits per heavy atom. The quantitative estimate of drug-likeness (QED) is 0.566. The van der Waals surface area contributed by atoms with E-state index in [4.69, 9.17) is 11.6 Å². The van der Waals surface area contributed by atoms with Gasteiger partial charge in [-0.15, -0.1) is 0 Å². The summed E-state index contributed by atoms with van der Waals surface area (Å²) < 4.78 is 14.0. The van der Waals surface area contributed by atoms with Gasteiger partial charge in [0.2, 0.25) is 0 Å². The zero-order chi connectivity index (χ0) is 14.3. The Morgan fingerprint density at radius 2 is 1.90 bits per heavy atom. The van der Waals surface area contributed by atoms with Gasteiger partial charge in [0.25, 0.3) is 0 Å². The maximum absolute atomic E-state index is 13.6. The van der Waals surface area contributed by atoms with E-state index in [0.717, 1.165) is 11.1 Å². The van der Waals surface area contributed by atoms with Gasteiger partial charge in [-0.05, 0) is 34.5 Å². The van der Waals surface area contributed by atoms with Gasteiger partial charge in [-0.1, -0.05) is 35.9 Å². The molecule has 0 spiro atoms. The van der Waals surface area contributed by atoms with Gasteiger partial charge in [-0.25, -0.2) is 14.4 Å². The van der Waals surface area contributed by atoms with Crippen LogP contribution in [0.25, 0.3) is 22.3 Å². The molecule has 1 heterocycles. The summed E-state index contributed by atoms with van der Waals surface area (Å²) in [7, 11) is 0. The molecule has 3 rings (SSSR count). The minimum Gasteiger partial charge on any atom is -0.228 e. The normalized spacial score (nSPS) is 11.0. The van der Waals surface area contributed by atoms with E-state index in [-0.39, 0.29) is 5.82 Å². The van der Waals surface area contributed by atoms with Crippen LogP contribution in [0.1, 0.15) is 5.56 Å². The zero-order valence-corrected chi connectivity index (χ0v) is 12.8. The Hall–Kier alpha value is -1.52. The molecule has 5 heteroatoms. The van der Waals surface area contributed by atoms with Crippen molar-refractivity contribution in [2.75, 3.05) is 0 Å². The molecule has 0 saturated heterocycles. The van der Waals surface area contributed by atoms with Gasteiger partial charge in [0.05, 0.1) is 9.99 Å². The lowest BCUT2D eigenvalue weighted by atomic mass is 10.1. The molecule has 0 fully saturated rings. The second-order valence-electron chi connectivity index (χ2n) is 4.44. The first kappa shape index (κ1) is 13.5. The second-order valence-corrected chi connectivity index (χ2v) is 5.65. The summed E-state index contributed by atoms with van der Waals surface area (Å²) in [6, 6.07) is 10.7. The van der Waals surface area contributed by atoms with Crippen molar-refractivity contribution < 1.29 is 4.39 Å². The lowest BCUT2D eigenvalue weighted by Gasteiger charge is -2.07. The Morgan fingerprint density at radius 3 is 2.65 bits per heavy atom. The van der Waals surface area contributed by atoms with E-state index in [0.29, 0.717) is 26.4 Å². The highest BCUT2D eigenvalue weighted by Gasteiger charge is 2.12. The standard InChI is InChI=1S/C15H9BrClFN2/c1-8-4-2-3-5-9(8)15-19-13-7-12(18)11(16)6-10(13)14(17)20-15/h2-7H,1H3. The fourth-order valence-corrected chi connectivity index (χ4v) is 2.61. The van der Waals surface area contributed by atoms with Gasteiger partial charge in [0.1, 0.15) is 11.0 Å². The van der Waals surface area contributed by atoms with Crippen molar-refractivity contribution >= 4 is 38.4 Å². The first-order valence-corrected chi connectivity index (χ1v) is 7.11. The van der Waals surface area contributed by atoms with Crippen molar-refractivity contribution in [3.05, 3.63) is 57.4 Å². The lowest BCUT2D eigenvalue weighted by Crippen LogP contribution is -1.94. The van der Waals surface area contributed by atoms with Crippen LogP contribution in [0.5, 0.6) is 0 Å². The summed E-state index contributed by atoms with van der Waals surface area (Å²) in [4.78, 5) is 8.73. The smallest absolute Gasteiger partial charge is 0.161 e. The number of fused-ring (bicyclic) bond motifs is 1. The van der Waals surface area contributed by atoms with Gasteiger partial charge >= 0.3 is 0 Å². The number of aromatic nitrogens is 2. The Labute approximate surface area is 128 Å². The molecule has 0 aliphatic rings. The highest BCUT2D eigenvalue weighted by Crippen LogP contribution is 2.29.